The predicted octanol–water partition coefficient (Wildman–Crippen LogP) is 2.61. The lowest BCUT2D eigenvalue weighted by Crippen LogP contribution is -2.27. The van der Waals surface area contributed by atoms with Gasteiger partial charge in [-0.25, -0.2) is 4.39 Å². The van der Waals surface area contributed by atoms with Crippen LogP contribution in [0.5, 0.6) is 0 Å². The molecule has 19 heavy (non-hydrogen) atoms. The molecule has 1 aromatic carbocycles. The second-order valence-electron chi connectivity index (χ2n) is 4.85. The van der Waals surface area contributed by atoms with Crippen molar-refractivity contribution < 1.29 is 8.91 Å². The Morgan fingerprint density at radius 2 is 2.11 bits per heavy atom. The first-order valence-electron chi connectivity index (χ1n) is 6.61. The lowest BCUT2D eigenvalue weighted by atomic mass is 10.1. The van der Waals surface area contributed by atoms with Gasteiger partial charge >= 0.3 is 0 Å². The SMILES string of the molecule is Fc1ccc(Cc2noc([C@H]3CCCCN3)n2)cc1. The maximum Gasteiger partial charge on any atom is 0.243 e. The van der Waals surface area contributed by atoms with E-state index < -0.39 is 0 Å². The Balaban J connectivity index is 1.68. The van der Waals surface area contributed by atoms with E-state index in [2.05, 4.69) is 15.5 Å². The van der Waals surface area contributed by atoms with Crippen molar-refractivity contribution in [3.8, 4) is 0 Å². The van der Waals surface area contributed by atoms with Crippen LogP contribution in [0.1, 0.15) is 42.6 Å². The number of benzene rings is 1. The summed E-state index contributed by atoms with van der Waals surface area (Å²) in [5, 5.41) is 7.36. The van der Waals surface area contributed by atoms with Crippen molar-refractivity contribution in [3.05, 3.63) is 47.4 Å². The zero-order valence-corrected chi connectivity index (χ0v) is 10.6. The monoisotopic (exact) mass is 261 g/mol. The van der Waals surface area contributed by atoms with Crippen LogP contribution in [0.25, 0.3) is 0 Å². The Labute approximate surface area is 111 Å². The minimum atomic E-state index is -0.232. The topological polar surface area (TPSA) is 51.0 Å². The Bertz CT molecular complexity index is 532. The van der Waals surface area contributed by atoms with Crippen LogP contribution < -0.4 is 5.32 Å². The van der Waals surface area contributed by atoms with E-state index in [0.717, 1.165) is 18.5 Å². The molecule has 0 saturated carbocycles. The molecule has 0 amide bonds. The van der Waals surface area contributed by atoms with Crippen molar-refractivity contribution in [1.82, 2.24) is 15.5 Å². The van der Waals surface area contributed by atoms with Gasteiger partial charge in [-0.1, -0.05) is 23.7 Å². The Hall–Kier alpha value is -1.75. The van der Waals surface area contributed by atoms with E-state index in [1.807, 2.05) is 0 Å². The normalized spacial score (nSPS) is 19.5. The van der Waals surface area contributed by atoms with E-state index in [-0.39, 0.29) is 11.9 Å². The van der Waals surface area contributed by atoms with E-state index in [9.17, 15) is 4.39 Å². The van der Waals surface area contributed by atoms with Gasteiger partial charge in [0.1, 0.15) is 5.82 Å². The summed E-state index contributed by atoms with van der Waals surface area (Å²) in [5.41, 5.74) is 0.977. The highest BCUT2D eigenvalue weighted by Crippen LogP contribution is 2.21. The van der Waals surface area contributed by atoms with Crippen molar-refractivity contribution in [3.63, 3.8) is 0 Å². The van der Waals surface area contributed by atoms with Crippen LogP contribution in [0.3, 0.4) is 0 Å². The molecule has 4 nitrogen and oxygen atoms in total. The number of hydrogen-bond donors (Lipinski definition) is 1. The number of nitrogens with one attached hydrogen (secondary N) is 1. The van der Waals surface area contributed by atoms with Crippen molar-refractivity contribution in [2.45, 2.75) is 31.7 Å². The van der Waals surface area contributed by atoms with Gasteiger partial charge in [-0.2, -0.15) is 4.98 Å². The molecule has 1 fully saturated rings. The van der Waals surface area contributed by atoms with Gasteiger partial charge in [-0.05, 0) is 37.1 Å². The molecule has 0 bridgehead atoms. The van der Waals surface area contributed by atoms with Crippen molar-refractivity contribution >= 4 is 0 Å². The average molecular weight is 261 g/mol. The molecule has 1 atom stereocenters. The fourth-order valence-corrected chi connectivity index (χ4v) is 2.33. The summed E-state index contributed by atoms with van der Waals surface area (Å²) in [4.78, 5) is 4.42. The van der Waals surface area contributed by atoms with Gasteiger partial charge in [0.15, 0.2) is 5.82 Å². The van der Waals surface area contributed by atoms with Crippen LogP contribution in [0.2, 0.25) is 0 Å². The fourth-order valence-electron chi connectivity index (χ4n) is 2.33. The third kappa shape index (κ3) is 2.98. The fraction of sp³-hybridized carbons (Fsp3) is 0.429. The first-order valence-corrected chi connectivity index (χ1v) is 6.61. The lowest BCUT2D eigenvalue weighted by molar-refractivity contribution is 0.296. The molecule has 1 N–H and O–H groups in total. The third-order valence-corrected chi connectivity index (χ3v) is 3.37. The van der Waals surface area contributed by atoms with Crippen LogP contribution in [-0.4, -0.2) is 16.7 Å². The van der Waals surface area contributed by atoms with Gasteiger partial charge in [-0.15, -0.1) is 0 Å². The number of piperidine rings is 1. The highest BCUT2D eigenvalue weighted by molar-refractivity contribution is 5.19. The largest absolute Gasteiger partial charge is 0.338 e. The third-order valence-electron chi connectivity index (χ3n) is 3.37. The van der Waals surface area contributed by atoms with Crippen molar-refractivity contribution in [2.75, 3.05) is 6.54 Å². The molecular formula is C14H16FN3O. The number of nitrogens with zero attached hydrogens (tertiary/aromatic N) is 2. The molecule has 0 unspecified atom stereocenters. The number of hydrogen-bond acceptors (Lipinski definition) is 4. The molecule has 1 aromatic heterocycles. The summed E-state index contributed by atoms with van der Waals surface area (Å²) in [6.45, 7) is 1.00. The molecule has 1 aliphatic rings. The van der Waals surface area contributed by atoms with Gasteiger partial charge in [0.05, 0.1) is 6.04 Å². The van der Waals surface area contributed by atoms with Gasteiger partial charge < -0.3 is 9.84 Å². The zero-order chi connectivity index (χ0) is 13.1. The predicted molar refractivity (Wildman–Crippen MR) is 68.1 cm³/mol. The maximum atomic E-state index is 12.8. The first-order chi connectivity index (χ1) is 9.31. The van der Waals surface area contributed by atoms with Gasteiger partial charge in [0.2, 0.25) is 5.89 Å². The second kappa shape index (κ2) is 5.48. The summed E-state index contributed by atoms with van der Waals surface area (Å²) < 4.78 is 18.1. The minimum absolute atomic E-state index is 0.184. The number of halogens is 1. The quantitative estimate of drug-likeness (QED) is 0.922. The Kier molecular flexibility index (Phi) is 3.55. The summed E-state index contributed by atoms with van der Waals surface area (Å²) in [6.07, 6.45) is 4.00. The minimum Gasteiger partial charge on any atom is -0.338 e. The van der Waals surface area contributed by atoms with Gasteiger partial charge in [0.25, 0.3) is 0 Å². The van der Waals surface area contributed by atoms with E-state index in [4.69, 9.17) is 4.52 Å². The Morgan fingerprint density at radius 1 is 1.26 bits per heavy atom. The molecule has 3 rings (SSSR count). The summed E-state index contributed by atoms with van der Waals surface area (Å²) >= 11 is 0. The molecular weight excluding hydrogens is 245 g/mol. The van der Waals surface area contributed by atoms with Crippen LogP contribution in [0.15, 0.2) is 28.8 Å². The molecule has 0 spiro atoms. The van der Waals surface area contributed by atoms with Crippen LogP contribution in [0.4, 0.5) is 4.39 Å². The van der Waals surface area contributed by atoms with E-state index >= 15 is 0 Å². The maximum absolute atomic E-state index is 12.8. The van der Waals surface area contributed by atoms with Gasteiger partial charge in [0, 0.05) is 6.42 Å². The van der Waals surface area contributed by atoms with Gasteiger partial charge in [-0.3, -0.25) is 0 Å². The standard InChI is InChI=1S/C14H16FN3O/c15-11-6-4-10(5-7-11)9-13-17-14(19-18-13)12-3-1-2-8-16-12/h4-7,12,16H,1-3,8-9H2/t12-/m1/s1. The molecule has 1 aliphatic heterocycles. The average Bonchev–Trinajstić information content (AvgIpc) is 2.91. The molecule has 5 heteroatoms. The molecule has 2 aromatic rings. The number of rotatable bonds is 3. The van der Waals surface area contributed by atoms with Crippen LogP contribution in [-0.2, 0) is 6.42 Å². The molecule has 1 saturated heterocycles. The van der Waals surface area contributed by atoms with Crippen LogP contribution in [0, 0.1) is 5.82 Å². The summed E-state index contributed by atoms with van der Waals surface area (Å²) in [7, 11) is 0. The summed E-state index contributed by atoms with van der Waals surface area (Å²) in [5.74, 6) is 1.08. The first kappa shape index (κ1) is 12.3. The smallest absolute Gasteiger partial charge is 0.243 e. The van der Waals surface area contributed by atoms with Crippen molar-refractivity contribution in [1.29, 1.82) is 0 Å². The second-order valence-corrected chi connectivity index (χ2v) is 4.85. The van der Waals surface area contributed by atoms with E-state index in [0.29, 0.717) is 18.1 Å². The highest BCUT2D eigenvalue weighted by atomic mass is 19.1. The lowest BCUT2D eigenvalue weighted by Gasteiger charge is -2.19. The molecule has 100 valence electrons. The van der Waals surface area contributed by atoms with E-state index in [1.165, 1.54) is 25.0 Å². The van der Waals surface area contributed by atoms with E-state index in [1.54, 1.807) is 12.1 Å². The zero-order valence-electron chi connectivity index (χ0n) is 10.6. The molecule has 0 radical (unpaired) electrons. The summed E-state index contributed by atoms with van der Waals surface area (Å²) in [6, 6.07) is 6.55. The Morgan fingerprint density at radius 3 is 2.84 bits per heavy atom. The van der Waals surface area contributed by atoms with Crippen LogP contribution >= 0.6 is 0 Å². The molecule has 0 aliphatic carbocycles. The highest BCUT2D eigenvalue weighted by Gasteiger charge is 2.20. The number of aromatic nitrogens is 2. The van der Waals surface area contributed by atoms with Crippen molar-refractivity contribution in [2.24, 2.45) is 0 Å². The molecule has 2 heterocycles.